The molecule has 2 rings (SSSR count). The number of hydrogen-bond acceptors (Lipinski definition) is 2. The van der Waals surface area contributed by atoms with E-state index in [0.717, 1.165) is 5.69 Å². The first kappa shape index (κ1) is 7.53. The van der Waals surface area contributed by atoms with Gasteiger partial charge in [0.25, 0.3) is 0 Å². The number of carbonyl (C=O) groups excluding carboxylic acids is 1. The average molecular weight is 164 g/mol. The van der Waals surface area contributed by atoms with Crippen molar-refractivity contribution in [2.24, 2.45) is 0 Å². The third-order valence-corrected chi connectivity index (χ3v) is 2.04. The lowest BCUT2D eigenvalue weighted by Crippen LogP contribution is -2.06. The van der Waals surface area contributed by atoms with Crippen LogP contribution in [0.15, 0.2) is 12.3 Å². The van der Waals surface area contributed by atoms with E-state index < -0.39 is 0 Å². The van der Waals surface area contributed by atoms with Gasteiger partial charge < -0.3 is 0 Å². The fraction of sp³-hybridized carbons (Fsp3) is 0.556. The van der Waals surface area contributed by atoms with E-state index in [1.165, 1.54) is 12.8 Å². The lowest BCUT2D eigenvalue weighted by Gasteiger charge is -1.94. The molecule has 12 heavy (non-hydrogen) atoms. The first-order chi connectivity index (χ1) is 5.75. The zero-order valence-electron chi connectivity index (χ0n) is 7.16. The van der Waals surface area contributed by atoms with Crippen molar-refractivity contribution in [1.82, 2.24) is 9.78 Å². The Morgan fingerprint density at radius 1 is 1.75 bits per heavy atom. The maximum atomic E-state index is 10.7. The molecule has 1 aromatic heterocycles. The van der Waals surface area contributed by atoms with E-state index >= 15 is 0 Å². The normalized spacial score (nSPS) is 16.4. The van der Waals surface area contributed by atoms with Gasteiger partial charge in [-0.3, -0.25) is 9.48 Å². The first-order valence-corrected chi connectivity index (χ1v) is 4.28. The second-order valence-electron chi connectivity index (χ2n) is 3.41. The van der Waals surface area contributed by atoms with Crippen molar-refractivity contribution in [3.05, 3.63) is 18.0 Å². The summed E-state index contributed by atoms with van der Waals surface area (Å²) in [4.78, 5) is 10.7. The number of nitrogens with zero attached hydrogens (tertiary/aromatic N) is 2. The fourth-order valence-corrected chi connectivity index (χ4v) is 1.29. The molecule has 0 aliphatic heterocycles. The molecule has 1 aliphatic rings. The van der Waals surface area contributed by atoms with Crippen LogP contribution in [0, 0.1) is 0 Å². The van der Waals surface area contributed by atoms with Gasteiger partial charge in [-0.15, -0.1) is 0 Å². The summed E-state index contributed by atoms with van der Waals surface area (Å²) in [7, 11) is 0. The lowest BCUT2D eigenvalue weighted by atomic mass is 10.3. The van der Waals surface area contributed by atoms with Gasteiger partial charge in [-0.1, -0.05) is 0 Å². The van der Waals surface area contributed by atoms with Crippen LogP contribution < -0.4 is 0 Å². The Hall–Kier alpha value is -1.12. The van der Waals surface area contributed by atoms with E-state index in [1.807, 2.05) is 12.3 Å². The Kier molecular flexibility index (Phi) is 1.71. The molecule has 0 aromatic carbocycles. The standard InChI is InChI=1S/C9H12N2O/c1-7(12)6-11-5-4-9(10-11)8-2-3-8/h4-5,8H,2-3,6H2,1H3. The molecule has 3 nitrogen and oxygen atoms in total. The predicted octanol–water partition coefficient (Wildman–Crippen LogP) is 1.35. The molecule has 0 radical (unpaired) electrons. The van der Waals surface area contributed by atoms with Crippen LogP contribution in [0.5, 0.6) is 0 Å². The van der Waals surface area contributed by atoms with Gasteiger partial charge in [-0.25, -0.2) is 0 Å². The van der Waals surface area contributed by atoms with E-state index in [1.54, 1.807) is 11.6 Å². The van der Waals surface area contributed by atoms with E-state index in [2.05, 4.69) is 5.10 Å². The summed E-state index contributed by atoms with van der Waals surface area (Å²) in [5.41, 5.74) is 1.15. The molecule has 1 saturated carbocycles. The summed E-state index contributed by atoms with van der Waals surface area (Å²) in [6.07, 6.45) is 4.41. The molecule has 1 aliphatic carbocycles. The van der Waals surface area contributed by atoms with Gasteiger partial charge in [-0.2, -0.15) is 5.10 Å². The number of aromatic nitrogens is 2. The molecule has 0 bridgehead atoms. The maximum absolute atomic E-state index is 10.7. The van der Waals surface area contributed by atoms with E-state index in [4.69, 9.17) is 0 Å². The number of rotatable bonds is 3. The second-order valence-corrected chi connectivity index (χ2v) is 3.41. The maximum Gasteiger partial charge on any atom is 0.151 e. The molecule has 1 fully saturated rings. The molecule has 64 valence electrons. The quantitative estimate of drug-likeness (QED) is 0.675. The van der Waals surface area contributed by atoms with Crippen LogP contribution in [-0.4, -0.2) is 15.6 Å². The summed E-state index contributed by atoms with van der Waals surface area (Å²) >= 11 is 0. The van der Waals surface area contributed by atoms with Gasteiger partial charge in [0.2, 0.25) is 0 Å². The number of hydrogen-bond donors (Lipinski definition) is 0. The van der Waals surface area contributed by atoms with Crippen LogP contribution in [0.1, 0.15) is 31.4 Å². The average Bonchev–Trinajstić information content (AvgIpc) is 2.73. The number of Topliss-reactive ketones (excluding diaryl/α,β-unsaturated/α-hetero) is 1. The van der Waals surface area contributed by atoms with E-state index in [-0.39, 0.29) is 5.78 Å². The minimum absolute atomic E-state index is 0.153. The Labute approximate surface area is 71.4 Å². The Morgan fingerprint density at radius 3 is 3.08 bits per heavy atom. The molecule has 1 aromatic rings. The highest BCUT2D eigenvalue weighted by Gasteiger charge is 2.25. The largest absolute Gasteiger partial charge is 0.298 e. The van der Waals surface area contributed by atoms with Crippen LogP contribution in [-0.2, 0) is 11.3 Å². The lowest BCUT2D eigenvalue weighted by molar-refractivity contribution is -0.117. The van der Waals surface area contributed by atoms with Gasteiger partial charge in [0.05, 0.1) is 12.2 Å². The van der Waals surface area contributed by atoms with Crippen LogP contribution in [0.25, 0.3) is 0 Å². The SMILES string of the molecule is CC(=O)Cn1ccc(C2CC2)n1. The first-order valence-electron chi connectivity index (χ1n) is 4.28. The molecule has 0 saturated heterocycles. The highest BCUT2D eigenvalue weighted by Crippen LogP contribution is 2.38. The van der Waals surface area contributed by atoms with E-state index in [9.17, 15) is 4.79 Å². The highest BCUT2D eigenvalue weighted by atomic mass is 16.1. The molecule has 0 atom stereocenters. The molecule has 0 unspecified atom stereocenters. The highest BCUT2D eigenvalue weighted by molar-refractivity contribution is 5.75. The number of ketones is 1. The summed E-state index contributed by atoms with van der Waals surface area (Å²) in [6, 6.07) is 2.01. The molecule has 0 spiro atoms. The van der Waals surface area contributed by atoms with Crippen molar-refractivity contribution in [2.45, 2.75) is 32.2 Å². The van der Waals surface area contributed by atoms with Crippen LogP contribution in [0.3, 0.4) is 0 Å². The Morgan fingerprint density at radius 2 is 2.50 bits per heavy atom. The number of carbonyl (C=O) groups is 1. The Balaban J connectivity index is 2.07. The topological polar surface area (TPSA) is 34.9 Å². The summed E-state index contributed by atoms with van der Waals surface area (Å²) in [5, 5.41) is 4.31. The molecule has 3 heteroatoms. The van der Waals surface area contributed by atoms with Crippen LogP contribution >= 0.6 is 0 Å². The van der Waals surface area contributed by atoms with Gasteiger partial charge in [0.1, 0.15) is 0 Å². The summed E-state index contributed by atoms with van der Waals surface area (Å²) in [6.45, 7) is 1.99. The zero-order chi connectivity index (χ0) is 8.55. The molecule has 1 heterocycles. The van der Waals surface area contributed by atoms with Gasteiger partial charge in [-0.05, 0) is 25.8 Å². The minimum Gasteiger partial charge on any atom is -0.298 e. The van der Waals surface area contributed by atoms with Crippen molar-refractivity contribution in [1.29, 1.82) is 0 Å². The molecule has 0 amide bonds. The fourth-order valence-electron chi connectivity index (χ4n) is 1.29. The minimum atomic E-state index is 0.153. The smallest absolute Gasteiger partial charge is 0.151 e. The van der Waals surface area contributed by atoms with E-state index in [0.29, 0.717) is 12.5 Å². The van der Waals surface area contributed by atoms with Crippen molar-refractivity contribution >= 4 is 5.78 Å². The molecular weight excluding hydrogens is 152 g/mol. The third-order valence-electron chi connectivity index (χ3n) is 2.04. The summed E-state index contributed by atoms with van der Waals surface area (Å²) in [5.74, 6) is 0.832. The summed E-state index contributed by atoms with van der Waals surface area (Å²) < 4.78 is 1.72. The molecule has 0 N–H and O–H groups in total. The Bertz CT molecular complexity index is 299. The van der Waals surface area contributed by atoms with Crippen molar-refractivity contribution in [2.75, 3.05) is 0 Å². The zero-order valence-corrected chi connectivity index (χ0v) is 7.16. The van der Waals surface area contributed by atoms with Crippen molar-refractivity contribution in [3.8, 4) is 0 Å². The van der Waals surface area contributed by atoms with Crippen molar-refractivity contribution in [3.63, 3.8) is 0 Å². The van der Waals surface area contributed by atoms with Gasteiger partial charge in [0, 0.05) is 12.1 Å². The van der Waals surface area contributed by atoms with Gasteiger partial charge in [0.15, 0.2) is 5.78 Å². The van der Waals surface area contributed by atoms with Crippen molar-refractivity contribution < 1.29 is 4.79 Å². The van der Waals surface area contributed by atoms with Crippen LogP contribution in [0.4, 0.5) is 0 Å². The molecular formula is C9H12N2O. The van der Waals surface area contributed by atoms with Gasteiger partial charge >= 0.3 is 0 Å². The predicted molar refractivity (Wildman–Crippen MR) is 44.9 cm³/mol. The monoisotopic (exact) mass is 164 g/mol. The van der Waals surface area contributed by atoms with Crippen LogP contribution in [0.2, 0.25) is 0 Å². The third kappa shape index (κ3) is 1.55. The second kappa shape index (κ2) is 2.73.